The summed E-state index contributed by atoms with van der Waals surface area (Å²) in [4.78, 5) is 11.9. The van der Waals surface area contributed by atoms with Crippen molar-refractivity contribution in [2.24, 2.45) is 11.1 Å². The Balaban J connectivity index is 1.84. The number of nitrogens with zero attached hydrogens (tertiary/aromatic N) is 1. The molecule has 1 aliphatic carbocycles. The fourth-order valence-electron chi connectivity index (χ4n) is 3.42. The van der Waals surface area contributed by atoms with Crippen LogP contribution >= 0.6 is 11.3 Å². The highest BCUT2D eigenvalue weighted by Crippen LogP contribution is 2.57. The summed E-state index contributed by atoms with van der Waals surface area (Å²) in [5, 5.41) is 0. The van der Waals surface area contributed by atoms with Gasteiger partial charge in [-0.3, -0.25) is 4.79 Å². The fraction of sp³-hybridized carbons (Fsp3) is 0.615. The number of hydrogen-bond donors (Lipinski definition) is 1. The van der Waals surface area contributed by atoms with Gasteiger partial charge in [-0.05, 0) is 24.8 Å². The Morgan fingerprint density at radius 3 is 2.55 bits per heavy atom. The van der Waals surface area contributed by atoms with Gasteiger partial charge in [0.05, 0.1) is 9.77 Å². The molecule has 1 spiro atoms. The van der Waals surface area contributed by atoms with Crippen LogP contribution in [0, 0.1) is 12.3 Å². The lowest BCUT2D eigenvalue weighted by Gasteiger charge is -2.44. The highest BCUT2D eigenvalue weighted by atomic mass is 32.2. The molecule has 0 atom stereocenters. The molecule has 0 aromatic carbocycles. The first kappa shape index (κ1) is 15.8. The zero-order chi connectivity index (χ0) is 16.3. The van der Waals surface area contributed by atoms with Gasteiger partial charge in [-0.2, -0.15) is 4.31 Å². The number of aryl methyl sites for hydroxylation is 1. The molecule has 1 saturated heterocycles. The molecule has 1 aliphatic heterocycles. The summed E-state index contributed by atoms with van der Waals surface area (Å²) in [7, 11) is -3.78. The lowest BCUT2D eigenvalue weighted by molar-refractivity contribution is -0.154. The lowest BCUT2D eigenvalue weighted by Crippen LogP contribution is -2.48. The molecule has 22 heavy (non-hydrogen) atoms. The number of primary amides is 1. The molecule has 0 radical (unpaired) electrons. The molecule has 1 saturated carbocycles. The standard InChI is InChI=1S/C13H16F2N2O3S2/c1-8-10(4-9(21-8)11(16)18)22(19,20)17-3-2-12(7-17)5-13(14,15)6-12/h4H,2-3,5-7H2,1H3,(H2,16,18). The van der Waals surface area contributed by atoms with E-state index < -0.39 is 27.3 Å². The Hall–Kier alpha value is -1.06. The molecule has 2 fully saturated rings. The van der Waals surface area contributed by atoms with Crippen molar-refractivity contribution in [3.63, 3.8) is 0 Å². The summed E-state index contributed by atoms with van der Waals surface area (Å²) >= 11 is 1.03. The van der Waals surface area contributed by atoms with Gasteiger partial charge in [0.2, 0.25) is 15.9 Å². The Labute approximate surface area is 131 Å². The summed E-state index contributed by atoms with van der Waals surface area (Å²) in [5.74, 6) is -3.34. The molecular weight excluding hydrogens is 334 g/mol. The maximum atomic E-state index is 13.1. The highest BCUT2D eigenvalue weighted by Gasteiger charge is 2.60. The van der Waals surface area contributed by atoms with E-state index in [1.807, 2.05) is 0 Å². The van der Waals surface area contributed by atoms with Gasteiger partial charge >= 0.3 is 0 Å². The minimum atomic E-state index is -3.78. The molecule has 0 bridgehead atoms. The molecule has 2 aliphatic rings. The number of thiophene rings is 1. The Bertz CT molecular complexity index is 734. The minimum Gasteiger partial charge on any atom is -0.365 e. The monoisotopic (exact) mass is 350 g/mol. The average molecular weight is 350 g/mol. The summed E-state index contributed by atoms with van der Waals surface area (Å²) in [6.45, 7) is 1.96. The third-order valence-electron chi connectivity index (χ3n) is 4.40. The SMILES string of the molecule is Cc1sc(C(N)=O)cc1S(=O)(=O)N1CCC2(C1)CC(F)(F)C2. The molecule has 2 N–H and O–H groups in total. The van der Waals surface area contributed by atoms with E-state index in [4.69, 9.17) is 5.73 Å². The van der Waals surface area contributed by atoms with Gasteiger partial charge < -0.3 is 5.73 Å². The van der Waals surface area contributed by atoms with Gasteiger partial charge in [0.1, 0.15) is 0 Å². The molecule has 1 aromatic heterocycles. The van der Waals surface area contributed by atoms with Crippen molar-refractivity contribution in [2.45, 2.75) is 37.0 Å². The van der Waals surface area contributed by atoms with Gasteiger partial charge in [-0.1, -0.05) is 0 Å². The third kappa shape index (κ3) is 2.44. The van der Waals surface area contributed by atoms with Crippen LogP contribution in [0.15, 0.2) is 11.0 Å². The van der Waals surface area contributed by atoms with Crippen LogP contribution in [0.4, 0.5) is 8.78 Å². The molecule has 2 heterocycles. The van der Waals surface area contributed by atoms with E-state index in [1.165, 1.54) is 10.4 Å². The number of sulfonamides is 1. The van der Waals surface area contributed by atoms with E-state index in [0.29, 0.717) is 11.3 Å². The van der Waals surface area contributed by atoms with Gasteiger partial charge in [0.25, 0.3) is 5.91 Å². The zero-order valence-corrected chi connectivity index (χ0v) is 13.6. The first-order valence-electron chi connectivity index (χ1n) is 6.83. The van der Waals surface area contributed by atoms with Gasteiger partial charge in [0.15, 0.2) is 0 Å². The van der Waals surface area contributed by atoms with Crippen LogP contribution in [0.5, 0.6) is 0 Å². The first-order valence-corrected chi connectivity index (χ1v) is 9.09. The number of amides is 1. The predicted molar refractivity (Wildman–Crippen MR) is 77.6 cm³/mol. The zero-order valence-electron chi connectivity index (χ0n) is 11.9. The van der Waals surface area contributed by atoms with Gasteiger partial charge in [-0.15, -0.1) is 11.3 Å². The number of halogens is 2. The second kappa shape index (κ2) is 4.72. The van der Waals surface area contributed by atoms with Crippen molar-refractivity contribution < 1.29 is 22.0 Å². The lowest BCUT2D eigenvalue weighted by atomic mass is 9.65. The molecule has 0 unspecified atom stereocenters. The van der Waals surface area contributed by atoms with Crippen molar-refractivity contribution in [3.05, 3.63) is 15.8 Å². The molecule has 1 aromatic rings. The number of alkyl halides is 2. The minimum absolute atomic E-state index is 0.0504. The van der Waals surface area contributed by atoms with Crippen LogP contribution in [0.1, 0.15) is 33.8 Å². The second-order valence-electron chi connectivity index (χ2n) is 6.19. The predicted octanol–water partition coefficient (Wildman–Crippen LogP) is 1.97. The number of nitrogens with two attached hydrogens (primary N) is 1. The van der Waals surface area contributed by atoms with E-state index >= 15 is 0 Å². The van der Waals surface area contributed by atoms with Gasteiger partial charge in [-0.25, -0.2) is 17.2 Å². The van der Waals surface area contributed by atoms with Crippen LogP contribution < -0.4 is 5.73 Å². The molecular formula is C13H16F2N2O3S2. The molecule has 1 amide bonds. The number of hydrogen-bond acceptors (Lipinski definition) is 4. The van der Waals surface area contributed by atoms with E-state index in [2.05, 4.69) is 0 Å². The molecule has 9 heteroatoms. The van der Waals surface area contributed by atoms with E-state index in [1.54, 1.807) is 6.92 Å². The molecule has 3 rings (SSSR count). The number of carbonyl (C=O) groups is 1. The average Bonchev–Trinajstić information content (AvgIpc) is 2.92. The maximum Gasteiger partial charge on any atom is 0.258 e. The Morgan fingerprint density at radius 2 is 2.05 bits per heavy atom. The fourth-order valence-corrected chi connectivity index (χ4v) is 6.38. The highest BCUT2D eigenvalue weighted by molar-refractivity contribution is 7.89. The largest absolute Gasteiger partial charge is 0.365 e. The normalized spacial score (nSPS) is 23.6. The third-order valence-corrected chi connectivity index (χ3v) is 7.57. The van der Waals surface area contributed by atoms with Crippen molar-refractivity contribution >= 4 is 27.3 Å². The second-order valence-corrected chi connectivity index (χ2v) is 9.36. The quantitative estimate of drug-likeness (QED) is 0.905. The van der Waals surface area contributed by atoms with Crippen LogP contribution in [0.25, 0.3) is 0 Å². The van der Waals surface area contributed by atoms with Crippen LogP contribution in [0.2, 0.25) is 0 Å². The Morgan fingerprint density at radius 1 is 1.41 bits per heavy atom. The van der Waals surface area contributed by atoms with Gasteiger partial charge in [0, 0.05) is 30.8 Å². The topological polar surface area (TPSA) is 80.5 Å². The Kier molecular flexibility index (Phi) is 3.39. The van der Waals surface area contributed by atoms with Crippen LogP contribution in [-0.2, 0) is 10.0 Å². The maximum absolute atomic E-state index is 13.1. The van der Waals surface area contributed by atoms with E-state index in [9.17, 15) is 22.0 Å². The van der Waals surface area contributed by atoms with Crippen molar-refractivity contribution in [1.82, 2.24) is 4.31 Å². The number of carbonyl (C=O) groups excluding carboxylic acids is 1. The van der Waals surface area contributed by atoms with Crippen molar-refractivity contribution in [1.29, 1.82) is 0 Å². The molecule has 122 valence electrons. The van der Waals surface area contributed by atoms with E-state index in [-0.39, 0.29) is 35.7 Å². The van der Waals surface area contributed by atoms with Crippen molar-refractivity contribution in [3.8, 4) is 0 Å². The smallest absolute Gasteiger partial charge is 0.258 e. The van der Waals surface area contributed by atoms with Crippen molar-refractivity contribution in [2.75, 3.05) is 13.1 Å². The summed E-state index contributed by atoms with van der Waals surface area (Å²) < 4.78 is 52.8. The molecule has 5 nitrogen and oxygen atoms in total. The first-order chi connectivity index (χ1) is 10.0. The van der Waals surface area contributed by atoms with Crippen LogP contribution in [-0.4, -0.2) is 37.6 Å². The van der Waals surface area contributed by atoms with Crippen LogP contribution in [0.3, 0.4) is 0 Å². The summed E-state index contributed by atoms with van der Waals surface area (Å²) in [6, 6.07) is 1.28. The summed E-state index contributed by atoms with van der Waals surface area (Å²) in [5.41, 5.74) is 4.59. The summed E-state index contributed by atoms with van der Waals surface area (Å²) in [6.07, 6.45) is -0.0456. The van der Waals surface area contributed by atoms with E-state index in [0.717, 1.165) is 11.3 Å². The number of rotatable bonds is 3.